The third kappa shape index (κ3) is 11.3. The van der Waals surface area contributed by atoms with Crippen molar-refractivity contribution in [1.82, 2.24) is 15.2 Å². The number of nitriles is 1. The van der Waals surface area contributed by atoms with Crippen molar-refractivity contribution in [2.45, 2.75) is 45.2 Å². The van der Waals surface area contributed by atoms with Crippen LogP contribution in [0.4, 0.5) is 0 Å². The number of aliphatic hydroxyl groups is 4. The SMILES string of the molecule is Cc1c(COc2cc(OCc3cncc(C#N)c3)c(CN(C)C(CO)CO)cc2Cl)cccc1-c1cccc(OCCCNCC(O)CO)c1Cl. The molecular weight excluding hydrogens is 695 g/mol. The molecule has 0 aliphatic carbocycles. The Morgan fingerprint density at radius 1 is 0.882 bits per heavy atom. The molecule has 0 saturated carbocycles. The van der Waals surface area contributed by atoms with Crippen molar-refractivity contribution >= 4 is 23.2 Å². The molecule has 1 atom stereocenters. The lowest BCUT2D eigenvalue weighted by atomic mass is 9.96. The van der Waals surface area contributed by atoms with Gasteiger partial charge in [-0.15, -0.1) is 0 Å². The van der Waals surface area contributed by atoms with E-state index in [1.165, 1.54) is 6.20 Å². The van der Waals surface area contributed by atoms with Crippen molar-refractivity contribution in [3.8, 4) is 34.4 Å². The minimum atomic E-state index is -0.787. The van der Waals surface area contributed by atoms with Crippen LogP contribution in [0.5, 0.6) is 17.2 Å². The van der Waals surface area contributed by atoms with E-state index in [2.05, 4.69) is 16.4 Å². The second kappa shape index (κ2) is 20.2. The third-order valence-corrected chi connectivity index (χ3v) is 9.01. The molecule has 1 heterocycles. The van der Waals surface area contributed by atoms with Crippen molar-refractivity contribution in [3.63, 3.8) is 0 Å². The summed E-state index contributed by atoms with van der Waals surface area (Å²) in [6.45, 7) is 3.30. The van der Waals surface area contributed by atoms with Crippen LogP contribution in [0, 0.1) is 18.3 Å². The lowest BCUT2D eigenvalue weighted by molar-refractivity contribution is 0.0866. The Kier molecular flexibility index (Phi) is 15.8. The monoisotopic (exact) mass is 738 g/mol. The smallest absolute Gasteiger partial charge is 0.142 e. The molecule has 0 fully saturated rings. The number of benzene rings is 3. The first-order valence-electron chi connectivity index (χ1n) is 16.5. The van der Waals surface area contributed by atoms with Gasteiger partial charge in [-0.1, -0.05) is 53.5 Å². The highest BCUT2D eigenvalue weighted by molar-refractivity contribution is 6.35. The third-order valence-electron chi connectivity index (χ3n) is 8.33. The summed E-state index contributed by atoms with van der Waals surface area (Å²) < 4.78 is 18.5. The van der Waals surface area contributed by atoms with Crippen LogP contribution >= 0.6 is 23.2 Å². The van der Waals surface area contributed by atoms with Gasteiger partial charge >= 0.3 is 0 Å². The van der Waals surface area contributed by atoms with Gasteiger partial charge in [0.25, 0.3) is 0 Å². The van der Waals surface area contributed by atoms with Crippen molar-refractivity contribution in [2.75, 3.05) is 46.6 Å². The molecule has 13 heteroatoms. The fraction of sp³-hybridized carbons (Fsp3) is 0.368. The first-order chi connectivity index (χ1) is 24.7. The molecule has 4 rings (SSSR count). The topological polar surface area (TPSA) is 161 Å². The molecule has 3 aromatic carbocycles. The maximum atomic E-state index is 9.71. The molecule has 0 aliphatic rings. The molecule has 0 radical (unpaired) electrons. The molecule has 4 aromatic rings. The van der Waals surface area contributed by atoms with Crippen LogP contribution in [-0.4, -0.2) is 89.0 Å². The molecule has 5 N–H and O–H groups in total. The molecule has 0 bridgehead atoms. The summed E-state index contributed by atoms with van der Waals surface area (Å²) in [5.41, 5.74) is 5.48. The summed E-state index contributed by atoms with van der Waals surface area (Å²) in [7, 11) is 1.79. The normalized spacial score (nSPS) is 11.9. The number of hydrogen-bond donors (Lipinski definition) is 5. The van der Waals surface area contributed by atoms with E-state index in [0.717, 1.165) is 27.8 Å². The fourth-order valence-corrected chi connectivity index (χ4v) is 5.82. The summed E-state index contributed by atoms with van der Waals surface area (Å²) in [6.07, 6.45) is 3.01. The van der Waals surface area contributed by atoms with Gasteiger partial charge in [0.05, 0.1) is 54.2 Å². The van der Waals surface area contributed by atoms with E-state index in [1.54, 1.807) is 36.3 Å². The zero-order valence-electron chi connectivity index (χ0n) is 28.7. The molecule has 1 unspecified atom stereocenters. The lowest BCUT2D eigenvalue weighted by Crippen LogP contribution is -2.37. The molecule has 0 saturated heterocycles. The van der Waals surface area contributed by atoms with Crippen molar-refractivity contribution in [2.24, 2.45) is 0 Å². The Bertz CT molecular complexity index is 1770. The van der Waals surface area contributed by atoms with Crippen molar-refractivity contribution in [1.29, 1.82) is 5.26 Å². The van der Waals surface area contributed by atoms with Gasteiger partial charge in [-0.05, 0) is 61.8 Å². The Hall–Kier alpha value is -3.96. The summed E-state index contributed by atoms with van der Waals surface area (Å²) in [5, 5.41) is 51.0. The van der Waals surface area contributed by atoms with Gasteiger partial charge in [-0.25, -0.2) is 0 Å². The van der Waals surface area contributed by atoms with Crippen LogP contribution in [0.15, 0.2) is 67.0 Å². The highest BCUT2D eigenvalue weighted by Gasteiger charge is 2.19. The number of nitrogens with zero attached hydrogens (tertiary/aromatic N) is 3. The Morgan fingerprint density at radius 3 is 2.37 bits per heavy atom. The number of nitrogens with one attached hydrogen (secondary N) is 1. The maximum Gasteiger partial charge on any atom is 0.142 e. The highest BCUT2D eigenvalue weighted by atomic mass is 35.5. The largest absolute Gasteiger partial charge is 0.492 e. The first-order valence-corrected chi connectivity index (χ1v) is 17.3. The number of aromatic nitrogens is 1. The number of likely N-dealkylation sites (N-methyl/N-ethyl adjacent to an activating group) is 1. The van der Waals surface area contributed by atoms with Gasteiger partial charge in [0, 0.05) is 48.2 Å². The van der Waals surface area contributed by atoms with Crippen LogP contribution in [-0.2, 0) is 19.8 Å². The maximum absolute atomic E-state index is 9.71. The number of hydrogen-bond acceptors (Lipinski definition) is 11. The first kappa shape index (κ1) is 39.8. The quantitative estimate of drug-likeness (QED) is 0.0786. The van der Waals surface area contributed by atoms with Gasteiger partial charge in [-0.3, -0.25) is 9.88 Å². The molecular formula is C38H44Cl2N4O7. The molecule has 11 nitrogen and oxygen atoms in total. The minimum absolute atomic E-state index is 0.139. The number of ether oxygens (including phenoxy) is 3. The Balaban J connectivity index is 1.51. The van der Waals surface area contributed by atoms with E-state index < -0.39 is 12.1 Å². The fourth-order valence-electron chi connectivity index (χ4n) is 5.30. The zero-order valence-corrected chi connectivity index (χ0v) is 30.2. The second-order valence-corrected chi connectivity index (χ2v) is 12.8. The van der Waals surface area contributed by atoms with E-state index in [9.17, 15) is 20.6 Å². The molecule has 1 aromatic heterocycles. The number of aliphatic hydroxyl groups excluding tert-OH is 4. The predicted octanol–water partition coefficient (Wildman–Crippen LogP) is 4.89. The van der Waals surface area contributed by atoms with Crippen LogP contribution in [0.25, 0.3) is 11.1 Å². The van der Waals surface area contributed by atoms with E-state index in [1.807, 2.05) is 43.3 Å². The van der Waals surface area contributed by atoms with Crippen LogP contribution in [0.3, 0.4) is 0 Å². The van der Waals surface area contributed by atoms with E-state index >= 15 is 0 Å². The van der Waals surface area contributed by atoms with Crippen LogP contribution < -0.4 is 19.5 Å². The zero-order chi connectivity index (χ0) is 36.8. The summed E-state index contributed by atoms with van der Waals surface area (Å²) in [4.78, 5) is 5.92. The van der Waals surface area contributed by atoms with Gasteiger partial charge in [0.1, 0.15) is 36.5 Å². The van der Waals surface area contributed by atoms with E-state index in [-0.39, 0.29) is 33.0 Å². The van der Waals surface area contributed by atoms with Crippen molar-refractivity contribution < 1.29 is 34.6 Å². The number of pyridine rings is 1. The van der Waals surface area contributed by atoms with Crippen molar-refractivity contribution in [3.05, 3.63) is 105 Å². The second-order valence-electron chi connectivity index (χ2n) is 12.0. The van der Waals surface area contributed by atoms with Gasteiger partial charge in [-0.2, -0.15) is 5.26 Å². The highest BCUT2D eigenvalue weighted by Crippen LogP contribution is 2.39. The standard InChI is InChI=1S/C38H44Cl2N4O7/c1-25-28(6-3-7-32(25)33-8-4-9-35(38(33)40)49-11-5-10-42-18-31(48)22-47)24-51-37-14-36(50-23-27-12-26(15-41)16-43-17-27)29(13-34(37)39)19-44(2)30(20-45)21-46/h3-4,6-9,12-14,16-17,30-31,42,45-48H,5,10-11,18-24H2,1-2H3. The minimum Gasteiger partial charge on any atom is -0.492 e. The van der Waals surface area contributed by atoms with Crippen LogP contribution in [0.2, 0.25) is 10.0 Å². The van der Waals surface area contributed by atoms with E-state index in [4.69, 9.17) is 42.5 Å². The molecule has 0 amide bonds. The molecule has 0 aliphatic heterocycles. The summed E-state index contributed by atoms with van der Waals surface area (Å²) >= 11 is 13.6. The summed E-state index contributed by atoms with van der Waals surface area (Å²) in [5.74, 6) is 1.46. The Morgan fingerprint density at radius 2 is 1.63 bits per heavy atom. The average molecular weight is 740 g/mol. The average Bonchev–Trinajstić information content (AvgIpc) is 3.14. The Labute approximate surface area is 308 Å². The van der Waals surface area contributed by atoms with Crippen LogP contribution in [0.1, 0.15) is 34.2 Å². The van der Waals surface area contributed by atoms with Gasteiger partial charge in [0.15, 0.2) is 0 Å². The van der Waals surface area contributed by atoms with E-state index in [0.29, 0.717) is 71.1 Å². The number of halogens is 2. The molecule has 51 heavy (non-hydrogen) atoms. The summed E-state index contributed by atoms with van der Waals surface area (Å²) in [6, 6.07) is 18.4. The number of rotatable bonds is 20. The molecule has 0 spiro atoms. The lowest BCUT2D eigenvalue weighted by Gasteiger charge is -2.26. The molecule has 272 valence electrons. The van der Waals surface area contributed by atoms with Gasteiger partial charge in [0.2, 0.25) is 0 Å². The predicted molar refractivity (Wildman–Crippen MR) is 196 cm³/mol. The van der Waals surface area contributed by atoms with Gasteiger partial charge < -0.3 is 40.0 Å².